The first-order chi connectivity index (χ1) is 16.1. The molecular formula is C25H31N3O4S2. The first-order valence-electron chi connectivity index (χ1n) is 11.3. The number of hydrogen-bond acceptors (Lipinski definition) is 6. The van der Waals surface area contributed by atoms with Gasteiger partial charge in [0.1, 0.15) is 16.4 Å². The lowest BCUT2D eigenvalue weighted by Crippen LogP contribution is -2.22. The third-order valence-electron chi connectivity index (χ3n) is 6.32. The average Bonchev–Trinajstić information content (AvgIpc) is 3.40. The van der Waals surface area contributed by atoms with Crippen LogP contribution in [-0.4, -0.2) is 55.9 Å². The molecule has 0 aliphatic carbocycles. The van der Waals surface area contributed by atoms with Crippen LogP contribution in [0.25, 0.3) is 22.0 Å². The third kappa shape index (κ3) is 5.54. The Morgan fingerprint density at radius 2 is 2.00 bits per heavy atom. The SMILES string of the molecule is C=C(C)OCCN(C)Cc1cc(-c2cc(C(N)=O)c3[nH]cc(C4CCS(=O)(=O)CC4)c3c2)cs1. The van der Waals surface area contributed by atoms with E-state index in [1.807, 2.05) is 19.2 Å². The number of thiophene rings is 1. The number of sulfone groups is 1. The second-order valence-corrected chi connectivity index (χ2v) is 12.4. The number of nitrogens with zero attached hydrogens (tertiary/aromatic N) is 1. The van der Waals surface area contributed by atoms with Gasteiger partial charge in [0.05, 0.1) is 28.3 Å². The zero-order valence-corrected chi connectivity index (χ0v) is 21.2. The predicted molar refractivity (Wildman–Crippen MR) is 138 cm³/mol. The molecule has 3 heterocycles. The minimum atomic E-state index is -2.95. The summed E-state index contributed by atoms with van der Waals surface area (Å²) in [7, 11) is -0.899. The number of amides is 1. The van der Waals surface area contributed by atoms with Gasteiger partial charge in [0.2, 0.25) is 0 Å². The van der Waals surface area contributed by atoms with E-state index in [0.717, 1.165) is 35.2 Å². The number of benzene rings is 1. The number of aromatic amines is 1. The van der Waals surface area contributed by atoms with Gasteiger partial charge in [0, 0.05) is 29.5 Å². The Kier molecular flexibility index (Phi) is 7.16. The minimum absolute atomic E-state index is 0.140. The Morgan fingerprint density at radius 1 is 1.26 bits per heavy atom. The van der Waals surface area contributed by atoms with E-state index in [1.54, 1.807) is 11.3 Å². The molecule has 0 atom stereocenters. The van der Waals surface area contributed by atoms with Crippen molar-refractivity contribution in [3.8, 4) is 11.1 Å². The Balaban J connectivity index is 1.61. The van der Waals surface area contributed by atoms with E-state index in [0.29, 0.717) is 36.3 Å². The molecule has 0 spiro atoms. The van der Waals surface area contributed by atoms with E-state index < -0.39 is 15.7 Å². The molecule has 1 amide bonds. The summed E-state index contributed by atoms with van der Waals surface area (Å²) in [5.41, 5.74) is 9.92. The van der Waals surface area contributed by atoms with Gasteiger partial charge in [-0.05, 0) is 73.0 Å². The Hall–Kier alpha value is -2.62. The first-order valence-corrected chi connectivity index (χ1v) is 14.0. The second-order valence-electron chi connectivity index (χ2n) is 9.07. The van der Waals surface area contributed by atoms with Crippen LogP contribution in [0, 0.1) is 0 Å². The number of primary amides is 1. The number of nitrogens with one attached hydrogen (secondary N) is 1. The number of ether oxygens (including phenoxy) is 1. The molecule has 0 unspecified atom stereocenters. The largest absolute Gasteiger partial charge is 0.498 e. The van der Waals surface area contributed by atoms with E-state index >= 15 is 0 Å². The van der Waals surface area contributed by atoms with Crippen LogP contribution in [-0.2, 0) is 21.1 Å². The summed E-state index contributed by atoms with van der Waals surface area (Å²) < 4.78 is 29.2. The van der Waals surface area contributed by atoms with Gasteiger partial charge in [-0.25, -0.2) is 8.42 Å². The molecule has 3 N–H and O–H groups in total. The molecule has 0 saturated carbocycles. The van der Waals surface area contributed by atoms with E-state index in [-0.39, 0.29) is 17.4 Å². The fraction of sp³-hybridized carbons (Fsp3) is 0.400. The van der Waals surface area contributed by atoms with Crippen molar-refractivity contribution in [1.29, 1.82) is 0 Å². The number of hydrogen-bond donors (Lipinski definition) is 2. The van der Waals surface area contributed by atoms with Gasteiger partial charge in [0.15, 0.2) is 0 Å². The van der Waals surface area contributed by atoms with Crippen molar-refractivity contribution in [2.45, 2.75) is 32.2 Å². The van der Waals surface area contributed by atoms with Gasteiger partial charge in [-0.2, -0.15) is 0 Å². The molecule has 0 radical (unpaired) electrons. The Bertz CT molecular complexity index is 1310. The molecule has 1 saturated heterocycles. The number of aromatic nitrogens is 1. The molecule has 4 rings (SSSR count). The number of carbonyl (C=O) groups excluding carboxylic acids is 1. The Labute approximate surface area is 204 Å². The van der Waals surface area contributed by atoms with Crippen molar-refractivity contribution in [2.75, 3.05) is 31.7 Å². The number of H-pyrrole nitrogens is 1. The molecular weight excluding hydrogens is 470 g/mol. The van der Waals surface area contributed by atoms with E-state index in [2.05, 4.69) is 41.0 Å². The Morgan fingerprint density at radius 3 is 2.68 bits per heavy atom. The normalized spacial score (nSPS) is 16.2. The van der Waals surface area contributed by atoms with E-state index in [9.17, 15) is 13.2 Å². The van der Waals surface area contributed by atoms with Crippen LogP contribution >= 0.6 is 11.3 Å². The van der Waals surface area contributed by atoms with Crippen molar-refractivity contribution in [3.63, 3.8) is 0 Å². The predicted octanol–water partition coefficient (Wildman–Crippen LogP) is 4.27. The maximum absolute atomic E-state index is 12.3. The van der Waals surface area contributed by atoms with Crippen LogP contribution < -0.4 is 5.73 Å². The molecule has 34 heavy (non-hydrogen) atoms. The number of rotatable bonds is 9. The number of fused-ring (bicyclic) bond motifs is 1. The van der Waals surface area contributed by atoms with Crippen LogP contribution in [0.15, 0.2) is 42.1 Å². The lowest BCUT2D eigenvalue weighted by Gasteiger charge is -2.21. The molecule has 1 aliphatic rings. The molecule has 7 nitrogen and oxygen atoms in total. The quantitative estimate of drug-likeness (QED) is 0.426. The topological polar surface area (TPSA) is 105 Å². The summed E-state index contributed by atoms with van der Waals surface area (Å²) in [5.74, 6) is 0.767. The van der Waals surface area contributed by atoms with Crippen molar-refractivity contribution in [3.05, 3.63) is 58.1 Å². The maximum Gasteiger partial charge on any atom is 0.250 e. The highest BCUT2D eigenvalue weighted by Crippen LogP contribution is 2.38. The summed E-state index contributed by atoms with van der Waals surface area (Å²) in [4.78, 5) is 18.9. The molecule has 1 fully saturated rings. The summed E-state index contributed by atoms with van der Waals surface area (Å²) in [5, 5.41) is 3.04. The molecule has 3 aromatic rings. The molecule has 2 aromatic heterocycles. The molecule has 0 bridgehead atoms. The first kappa shape index (κ1) is 24.5. The van der Waals surface area contributed by atoms with Crippen LogP contribution in [0.5, 0.6) is 0 Å². The average molecular weight is 502 g/mol. The monoisotopic (exact) mass is 501 g/mol. The number of nitrogens with two attached hydrogens (primary N) is 1. The minimum Gasteiger partial charge on any atom is -0.498 e. The van der Waals surface area contributed by atoms with E-state index in [4.69, 9.17) is 10.5 Å². The summed E-state index contributed by atoms with van der Waals surface area (Å²) in [6.07, 6.45) is 3.09. The third-order valence-corrected chi connectivity index (χ3v) is 8.95. The standard InChI is InChI=1S/C25H31N3O4S2/c1-16(2)32-7-6-28(3)14-20-10-19(15-33-20)18-11-21-23(17-4-8-34(30,31)9-5-17)13-27-24(21)22(12-18)25(26)29/h10-13,15,17,27H,1,4-9,14H2,2-3H3,(H2,26,29). The van der Waals surface area contributed by atoms with E-state index in [1.165, 1.54) is 4.88 Å². The highest BCUT2D eigenvalue weighted by Gasteiger charge is 2.27. The smallest absolute Gasteiger partial charge is 0.250 e. The van der Waals surface area contributed by atoms with Crippen molar-refractivity contribution >= 4 is 38.0 Å². The van der Waals surface area contributed by atoms with Gasteiger partial charge in [-0.3, -0.25) is 9.69 Å². The second kappa shape index (κ2) is 9.93. The van der Waals surface area contributed by atoms with Gasteiger partial charge < -0.3 is 15.5 Å². The molecule has 1 aromatic carbocycles. The zero-order chi connectivity index (χ0) is 24.5. The number of allylic oxidation sites excluding steroid dienone is 1. The van der Waals surface area contributed by atoms with Crippen molar-refractivity contribution < 1.29 is 17.9 Å². The van der Waals surface area contributed by atoms with Crippen molar-refractivity contribution in [1.82, 2.24) is 9.88 Å². The number of likely N-dealkylation sites (N-methyl/N-ethyl adjacent to an activating group) is 1. The fourth-order valence-electron chi connectivity index (χ4n) is 4.49. The van der Waals surface area contributed by atoms with Crippen molar-refractivity contribution in [2.24, 2.45) is 5.73 Å². The highest BCUT2D eigenvalue weighted by molar-refractivity contribution is 7.91. The van der Waals surface area contributed by atoms with Gasteiger partial charge in [-0.15, -0.1) is 11.3 Å². The van der Waals surface area contributed by atoms with Crippen LogP contribution in [0.1, 0.15) is 46.5 Å². The van der Waals surface area contributed by atoms with Crippen LogP contribution in [0.4, 0.5) is 0 Å². The lowest BCUT2D eigenvalue weighted by atomic mass is 9.91. The lowest BCUT2D eigenvalue weighted by molar-refractivity contribution is 0.100. The summed E-state index contributed by atoms with van der Waals surface area (Å²) in [6.45, 7) is 7.78. The van der Waals surface area contributed by atoms with Crippen LogP contribution in [0.2, 0.25) is 0 Å². The van der Waals surface area contributed by atoms with Gasteiger partial charge in [-0.1, -0.05) is 6.58 Å². The summed E-state index contributed by atoms with van der Waals surface area (Å²) in [6, 6.07) is 6.08. The molecule has 1 aliphatic heterocycles. The molecule has 9 heteroatoms. The zero-order valence-electron chi connectivity index (χ0n) is 19.6. The maximum atomic E-state index is 12.3. The van der Waals surface area contributed by atoms with Crippen LogP contribution in [0.3, 0.4) is 0 Å². The summed E-state index contributed by atoms with van der Waals surface area (Å²) >= 11 is 1.68. The fourth-order valence-corrected chi connectivity index (χ4v) is 6.95. The molecule has 182 valence electrons. The highest BCUT2D eigenvalue weighted by atomic mass is 32.2. The van der Waals surface area contributed by atoms with Gasteiger partial charge >= 0.3 is 0 Å². The van der Waals surface area contributed by atoms with Gasteiger partial charge in [0.25, 0.3) is 5.91 Å². The number of carbonyl (C=O) groups is 1.